The number of aromatic nitrogens is 2. The van der Waals surface area contributed by atoms with Crippen LogP contribution in [0.5, 0.6) is 5.88 Å². The highest BCUT2D eigenvalue weighted by atomic mass is 19.2. The van der Waals surface area contributed by atoms with Crippen LogP contribution in [0.25, 0.3) is 28.2 Å². The van der Waals surface area contributed by atoms with Crippen LogP contribution in [0.15, 0.2) is 55.3 Å². The summed E-state index contributed by atoms with van der Waals surface area (Å²) in [5, 5.41) is 9.25. The lowest BCUT2D eigenvalue weighted by atomic mass is 10.0. The molecule has 3 rings (SSSR count). The largest absolute Gasteiger partial charge is 0.472 e. The molecular weight excluding hydrogens is 386 g/mol. The molecule has 0 saturated heterocycles. The number of unbranched alkanes of at least 4 members (excludes halogenated alkanes) is 1. The summed E-state index contributed by atoms with van der Waals surface area (Å²) >= 11 is 0. The number of halogens is 2. The van der Waals surface area contributed by atoms with E-state index in [1.165, 1.54) is 6.20 Å². The summed E-state index contributed by atoms with van der Waals surface area (Å²) in [6.45, 7) is 5.63. The van der Waals surface area contributed by atoms with Crippen molar-refractivity contribution in [2.24, 2.45) is 0 Å². The standard InChI is InChI=1S/C24H24F2N2O2/c1-3-13-30-22-15-27-21-14-18(10-12-20(21)28-22)19-11-9-17(23(25)24(19)26)8-6-4-5-7-16(2)29/h3,6,8-12,14-16,29H,1,4-5,7,13H2,2H3/b8-6+. The van der Waals surface area contributed by atoms with Gasteiger partial charge in [-0.15, -0.1) is 0 Å². The van der Waals surface area contributed by atoms with Crippen molar-refractivity contribution in [2.45, 2.75) is 32.3 Å². The minimum atomic E-state index is -0.903. The van der Waals surface area contributed by atoms with Crippen molar-refractivity contribution in [3.63, 3.8) is 0 Å². The third kappa shape index (κ3) is 5.27. The van der Waals surface area contributed by atoms with Gasteiger partial charge < -0.3 is 9.84 Å². The van der Waals surface area contributed by atoms with Gasteiger partial charge in [0.15, 0.2) is 11.6 Å². The van der Waals surface area contributed by atoms with Crippen LogP contribution in [0.3, 0.4) is 0 Å². The Morgan fingerprint density at radius 3 is 2.77 bits per heavy atom. The Morgan fingerprint density at radius 2 is 2.00 bits per heavy atom. The van der Waals surface area contributed by atoms with Crippen LogP contribution >= 0.6 is 0 Å². The van der Waals surface area contributed by atoms with Crippen LogP contribution in [0.2, 0.25) is 0 Å². The molecule has 0 aliphatic rings. The van der Waals surface area contributed by atoms with Crippen LogP contribution in [-0.2, 0) is 0 Å². The molecule has 1 N–H and O–H groups in total. The van der Waals surface area contributed by atoms with Crippen molar-refractivity contribution in [3.8, 4) is 17.0 Å². The van der Waals surface area contributed by atoms with Crippen molar-refractivity contribution < 1.29 is 18.6 Å². The van der Waals surface area contributed by atoms with Gasteiger partial charge in [0, 0.05) is 11.1 Å². The number of hydrogen-bond acceptors (Lipinski definition) is 4. The maximum atomic E-state index is 14.7. The normalized spacial score (nSPS) is 12.4. The first-order chi connectivity index (χ1) is 14.5. The highest BCUT2D eigenvalue weighted by molar-refractivity contribution is 5.82. The van der Waals surface area contributed by atoms with Gasteiger partial charge in [0.25, 0.3) is 0 Å². The molecule has 3 aromatic rings. The van der Waals surface area contributed by atoms with Crippen LogP contribution < -0.4 is 4.74 Å². The number of ether oxygens (including phenoxy) is 1. The van der Waals surface area contributed by atoms with E-state index in [9.17, 15) is 13.9 Å². The van der Waals surface area contributed by atoms with Gasteiger partial charge in [-0.3, -0.25) is 0 Å². The molecule has 2 aromatic carbocycles. The molecule has 0 amide bonds. The van der Waals surface area contributed by atoms with Crippen molar-refractivity contribution >= 4 is 17.1 Å². The quantitative estimate of drug-likeness (QED) is 0.363. The lowest BCUT2D eigenvalue weighted by Gasteiger charge is -2.08. The van der Waals surface area contributed by atoms with Crippen LogP contribution in [-0.4, -0.2) is 27.8 Å². The predicted octanol–water partition coefficient (Wildman–Crippen LogP) is 5.70. The third-order valence-electron chi connectivity index (χ3n) is 4.58. The zero-order valence-electron chi connectivity index (χ0n) is 16.8. The Balaban J connectivity index is 1.81. The Kier molecular flexibility index (Phi) is 7.25. The maximum absolute atomic E-state index is 14.7. The second-order valence-corrected chi connectivity index (χ2v) is 7.02. The average molecular weight is 410 g/mol. The fraction of sp³-hybridized carbons (Fsp3) is 0.250. The molecule has 0 spiro atoms. The zero-order valence-corrected chi connectivity index (χ0v) is 16.8. The van der Waals surface area contributed by atoms with E-state index < -0.39 is 11.6 Å². The molecule has 0 aliphatic heterocycles. The first-order valence-corrected chi connectivity index (χ1v) is 9.83. The minimum absolute atomic E-state index is 0.162. The molecule has 30 heavy (non-hydrogen) atoms. The lowest BCUT2D eigenvalue weighted by molar-refractivity contribution is 0.182. The topological polar surface area (TPSA) is 55.2 Å². The predicted molar refractivity (Wildman–Crippen MR) is 115 cm³/mol. The van der Waals surface area contributed by atoms with Gasteiger partial charge in [-0.2, -0.15) is 0 Å². The van der Waals surface area contributed by atoms with Crippen molar-refractivity contribution in [2.75, 3.05) is 6.61 Å². The Hall–Kier alpha value is -3.12. The zero-order chi connectivity index (χ0) is 21.5. The average Bonchev–Trinajstić information content (AvgIpc) is 2.74. The molecule has 0 fully saturated rings. The summed E-state index contributed by atoms with van der Waals surface area (Å²) < 4.78 is 34.6. The van der Waals surface area contributed by atoms with Gasteiger partial charge in [0.1, 0.15) is 6.61 Å². The number of hydrogen-bond donors (Lipinski definition) is 1. The summed E-state index contributed by atoms with van der Waals surface area (Å²) in [7, 11) is 0. The van der Waals surface area contributed by atoms with E-state index in [1.54, 1.807) is 55.5 Å². The summed E-state index contributed by atoms with van der Waals surface area (Å²) in [5.74, 6) is -1.42. The van der Waals surface area contributed by atoms with E-state index in [0.717, 1.165) is 6.42 Å². The third-order valence-corrected chi connectivity index (χ3v) is 4.58. The number of nitrogens with zero attached hydrogens (tertiary/aromatic N) is 2. The first kappa shape index (κ1) is 21.6. The van der Waals surface area contributed by atoms with E-state index in [2.05, 4.69) is 16.5 Å². The maximum Gasteiger partial charge on any atom is 0.233 e. The SMILES string of the molecule is C=CCOc1cnc2cc(-c3ccc(/C=C/CCCC(C)O)c(F)c3F)ccc2n1. The van der Waals surface area contributed by atoms with Gasteiger partial charge in [-0.1, -0.05) is 43.0 Å². The monoisotopic (exact) mass is 410 g/mol. The number of fused-ring (bicyclic) bond motifs is 1. The summed E-state index contributed by atoms with van der Waals surface area (Å²) in [6, 6.07) is 8.16. The fourth-order valence-electron chi connectivity index (χ4n) is 3.03. The van der Waals surface area contributed by atoms with Gasteiger partial charge in [-0.25, -0.2) is 18.7 Å². The van der Waals surface area contributed by atoms with E-state index in [-0.39, 0.29) is 17.2 Å². The van der Waals surface area contributed by atoms with E-state index in [1.807, 2.05) is 0 Å². The molecule has 1 aromatic heterocycles. The highest BCUT2D eigenvalue weighted by Gasteiger charge is 2.14. The highest BCUT2D eigenvalue weighted by Crippen LogP contribution is 2.29. The number of rotatable bonds is 9. The summed E-state index contributed by atoms with van der Waals surface area (Å²) in [4.78, 5) is 8.63. The number of benzene rings is 2. The molecule has 0 aliphatic carbocycles. The number of aliphatic hydroxyl groups excluding tert-OH is 1. The van der Waals surface area contributed by atoms with Gasteiger partial charge in [0.05, 0.1) is 23.3 Å². The van der Waals surface area contributed by atoms with Crippen LogP contribution in [0.4, 0.5) is 8.78 Å². The molecule has 0 bridgehead atoms. The molecule has 0 radical (unpaired) electrons. The minimum Gasteiger partial charge on any atom is -0.472 e. The molecule has 1 atom stereocenters. The van der Waals surface area contributed by atoms with Crippen LogP contribution in [0, 0.1) is 11.6 Å². The Bertz CT molecular complexity index is 1060. The number of aliphatic hydroxyl groups is 1. The molecule has 1 unspecified atom stereocenters. The van der Waals surface area contributed by atoms with Gasteiger partial charge in [0.2, 0.25) is 5.88 Å². The second kappa shape index (κ2) is 10.1. The smallest absolute Gasteiger partial charge is 0.233 e. The van der Waals surface area contributed by atoms with E-state index >= 15 is 0 Å². The van der Waals surface area contributed by atoms with Gasteiger partial charge in [-0.05, 0) is 43.9 Å². The number of allylic oxidation sites excluding steroid dienone is 1. The first-order valence-electron chi connectivity index (χ1n) is 9.83. The fourth-order valence-corrected chi connectivity index (χ4v) is 3.03. The van der Waals surface area contributed by atoms with E-state index in [0.29, 0.717) is 41.9 Å². The summed E-state index contributed by atoms with van der Waals surface area (Å²) in [6.07, 6.45) is 8.25. The van der Waals surface area contributed by atoms with Crippen LogP contribution in [0.1, 0.15) is 31.7 Å². The molecule has 156 valence electrons. The second-order valence-electron chi connectivity index (χ2n) is 7.02. The Labute approximate surface area is 174 Å². The Morgan fingerprint density at radius 1 is 1.17 bits per heavy atom. The molecule has 6 heteroatoms. The molecule has 1 heterocycles. The van der Waals surface area contributed by atoms with Crippen molar-refractivity contribution in [3.05, 3.63) is 72.5 Å². The van der Waals surface area contributed by atoms with Crippen molar-refractivity contribution in [1.82, 2.24) is 9.97 Å². The van der Waals surface area contributed by atoms with E-state index in [4.69, 9.17) is 4.74 Å². The summed E-state index contributed by atoms with van der Waals surface area (Å²) in [5.41, 5.74) is 2.02. The van der Waals surface area contributed by atoms with Crippen molar-refractivity contribution in [1.29, 1.82) is 0 Å². The van der Waals surface area contributed by atoms with Gasteiger partial charge >= 0.3 is 0 Å². The molecule has 4 nitrogen and oxygen atoms in total. The molecular formula is C24H24F2N2O2. The molecule has 0 saturated carbocycles. The lowest BCUT2D eigenvalue weighted by Crippen LogP contribution is -1.98.